The number of hydrogen-bond acceptors (Lipinski definition) is 6. The number of likely N-dealkylation sites (tertiary alicyclic amines) is 1. The molecule has 0 spiro atoms. The number of amides is 1. The van der Waals surface area contributed by atoms with Gasteiger partial charge in [-0.3, -0.25) is 9.78 Å². The van der Waals surface area contributed by atoms with Gasteiger partial charge in [0.25, 0.3) is 15.9 Å². The Morgan fingerprint density at radius 3 is 2.93 bits per heavy atom. The molecule has 2 N–H and O–H groups in total. The first-order chi connectivity index (χ1) is 14.3. The second-order valence-electron chi connectivity index (χ2n) is 7.70. The van der Waals surface area contributed by atoms with Crippen LogP contribution in [0.15, 0.2) is 40.9 Å². The molecule has 8 nitrogen and oxygen atoms in total. The van der Waals surface area contributed by atoms with Gasteiger partial charge in [-0.05, 0) is 43.5 Å². The van der Waals surface area contributed by atoms with E-state index in [-0.39, 0.29) is 23.4 Å². The molecule has 3 heterocycles. The fraction of sp³-hybridized carbons (Fsp3) is 0.381. The Labute approximate surface area is 175 Å². The van der Waals surface area contributed by atoms with Gasteiger partial charge in [0.1, 0.15) is 11.6 Å². The van der Waals surface area contributed by atoms with Crippen molar-refractivity contribution in [2.75, 3.05) is 19.7 Å². The van der Waals surface area contributed by atoms with Crippen LogP contribution in [-0.4, -0.2) is 49.7 Å². The number of sulfonamides is 1. The smallest absolute Gasteiger partial charge is 0.259 e. The van der Waals surface area contributed by atoms with Crippen molar-refractivity contribution in [2.24, 2.45) is 16.0 Å². The number of piperidine rings is 1. The number of rotatable bonds is 4. The Morgan fingerprint density at radius 1 is 1.30 bits per heavy atom. The average molecular weight is 429 g/mol. The van der Waals surface area contributed by atoms with Crippen LogP contribution < -0.4 is 10.5 Å². The lowest BCUT2D eigenvalue weighted by molar-refractivity contribution is 0.0632. The number of amidine groups is 1. The number of hydrogen-bond donors (Lipinski definition) is 1. The third-order valence-corrected chi connectivity index (χ3v) is 6.61. The van der Waals surface area contributed by atoms with Crippen LogP contribution >= 0.6 is 0 Å². The van der Waals surface area contributed by atoms with E-state index in [9.17, 15) is 13.2 Å². The normalized spacial score (nSPS) is 20.2. The van der Waals surface area contributed by atoms with Gasteiger partial charge in [-0.2, -0.15) is 0 Å². The Hall–Kier alpha value is -2.94. The van der Waals surface area contributed by atoms with Crippen LogP contribution in [0, 0.1) is 12.8 Å². The zero-order valence-electron chi connectivity index (χ0n) is 16.7. The van der Waals surface area contributed by atoms with Gasteiger partial charge >= 0.3 is 0 Å². The molecule has 2 aliphatic heterocycles. The number of benzene rings is 1. The summed E-state index contributed by atoms with van der Waals surface area (Å²) in [5, 5.41) is 0. The molecule has 2 aromatic rings. The number of aromatic nitrogens is 1. The van der Waals surface area contributed by atoms with Gasteiger partial charge in [-0.25, -0.2) is 8.42 Å². The van der Waals surface area contributed by atoms with Crippen LogP contribution in [0.1, 0.15) is 40.0 Å². The maximum atomic E-state index is 12.9. The summed E-state index contributed by atoms with van der Waals surface area (Å²) < 4.78 is 33.3. The van der Waals surface area contributed by atoms with Crippen LogP contribution in [0.2, 0.25) is 0 Å². The highest BCUT2D eigenvalue weighted by atomic mass is 32.2. The molecular formula is C21H24N4O4S. The Morgan fingerprint density at radius 2 is 2.13 bits per heavy atom. The molecule has 0 saturated carbocycles. The third-order valence-electron chi connectivity index (χ3n) is 5.46. The van der Waals surface area contributed by atoms with Crippen molar-refractivity contribution < 1.29 is 17.9 Å². The molecule has 1 saturated heterocycles. The molecule has 1 aromatic heterocycles. The Kier molecular flexibility index (Phi) is 5.46. The van der Waals surface area contributed by atoms with E-state index in [4.69, 9.17) is 10.5 Å². The van der Waals surface area contributed by atoms with Gasteiger partial charge in [-0.1, -0.05) is 12.1 Å². The molecule has 1 fully saturated rings. The summed E-state index contributed by atoms with van der Waals surface area (Å²) in [4.78, 5) is 19.0. The van der Waals surface area contributed by atoms with Crippen molar-refractivity contribution >= 4 is 21.8 Å². The van der Waals surface area contributed by atoms with Gasteiger partial charge in [0.15, 0.2) is 0 Å². The van der Waals surface area contributed by atoms with Crippen LogP contribution in [0.5, 0.6) is 5.75 Å². The van der Waals surface area contributed by atoms with Gasteiger partial charge in [-0.15, -0.1) is 4.40 Å². The highest BCUT2D eigenvalue weighted by molar-refractivity contribution is 7.89. The summed E-state index contributed by atoms with van der Waals surface area (Å²) in [6.07, 6.45) is 3.52. The first-order valence-electron chi connectivity index (χ1n) is 9.88. The van der Waals surface area contributed by atoms with Crippen molar-refractivity contribution in [1.29, 1.82) is 0 Å². The first kappa shape index (κ1) is 20.3. The largest absolute Gasteiger partial charge is 0.492 e. The number of pyridine rings is 1. The first-order valence-corrected chi connectivity index (χ1v) is 11.5. The zero-order chi connectivity index (χ0) is 21.3. The Balaban J connectivity index is 1.45. The fourth-order valence-electron chi connectivity index (χ4n) is 4.01. The van der Waals surface area contributed by atoms with Crippen molar-refractivity contribution in [3.8, 4) is 5.75 Å². The van der Waals surface area contributed by atoms with Gasteiger partial charge in [0.05, 0.1) is 23.5 Å². The topological polar surface area (TPSA) is 115 Å². The molecule has 0 aliphatic carbocycles. The number of carbonyl (C=O) groups is 1. The lowest BCUT2D eigenvalue weighted by atomic mass is 9.98. The van der Waals surface area contributed by atoms with Gasteiger partial charge in [0.2, 0.25) is 0 Å². The lowest BCUT2D eigenvalue weighted by Crippen LogP contribution is -2.42. The number of ether oxygens (including phenoxy) is 1. The van der Waals surface area contributed by atoms with E-state index in [1.54, 1.807) is 36.5 Å². The predicted octanol–water partition coefficient (Wildman–Crippen LogP) is 1.87. The molecule has 9 heteroatoms. The second kappa shape index (κ2) is 8.06. The number of nitrogens with two attached hydrogens (primary N) is 1. The van der Waals surface area contributed by atoms with E-state index in [1.165, 1.54) is 0 Å². The highest BCUT2D eigenvalue weighted by Crippen LogP contribution is 2.29. The van der Waals surface area contributed by atoms with Crippen molar-refractivity contribution in [3.05, 3.63) is 58.9 Å². The van der Waals surface area contributed by atoms with Gasteiger partial charge < -0.3 is 15.4 Å². The van der Waals surface area contributed by atoms with Gasteiger partial charge in [0, 0.05) is 30.9 Å². The quantitative estimate of drug-likeness (QED) is 0.795. The molecule has 0 bridgehead atoms. The Bertz CT molecular complexity index is 1110. The van der Waals surface area contributed by atoms with Crippen molar-refractivity contribution in [2.45, 2.75) is 25.5 Å². The fourth-order valence-corrected chi connectivity index (χ4v) is 5.10. The number of fused-ring (bicyclic) bond motifs is 1. The monoisotopic (exact) mass is 428 g/mol. The van der Waals surface area contributed by atoms with E-state index in [1.807, 2.05) is 11.8 Å². The minimum atomic E-state index is -3.59. The van der Waals surface area contributed by atoms with Crippen LogP contribution in [-0.2, 0) is 15.8 Å². The minimum absolute atomic E-state index is 0.0102. The van der Waals surface area contributed by atoms with Crippen LogP contribution in [0.3, 0.4) is 0 Å². The summed E-state index contributed by atoms with van der Waals surface area (Å²) in [5.74, 6) is 0.454. The van der Waals surface area contributed by atoms with Crippen molar-refractivity contribution in [1.82, 2.24) is 9.88 Å². The summed E-state index contributed by atoms with van der Waals surface area (Å²) >= 11 is 0. The molecule has 30 heavy (non-hydrogen) atoms. The summed E-state index contributed by atoms with van der Waals surface area (Å²) in [6.45, 7) is 3.55. The van der Waals surface area contributed by atoms with Crippen LogP contribution in [0.25, 0.3) is 0 Å². The summed E-state index contributed by atoms with van der Waals surface area (Å²) in [5.41, 5.74) is 8.39. The SMILES string of the molecule is Cc1ncccc1C(=O)N1CCC[C@H](COc2cccc3c2C(N)=NS(=O)(=O)C3)C1. The maximum Gasteiger partial charge on any atom is 0.259 e. The molecule has 158 valence electrons. The molecular weight excluding hydrogens is 404 g/mol. The standard InChI is InChI=1S/C21H24N4O4S/c1-14-17(7-3-9-23-14)21(26)25-10-4-5-15(11-25)12-29-18-8-2-6-16-13-30(27,28)24-20(22)19(16)18/h2-3,6-9,15H,4-5,10-13H2,1H3,(H2,22,24)/t15-/m0/s1. The average Bonchev–Trinajstić information content (AvgIpc) is 2.71. The van der Waals surface area contributed by atoms with E-state index < -0.39 is 10.0 Å². The third kappa shape index (κ3) is 4.16. The molecule has 0 unspecified atom stereocenters. The van der Waals surface area contributed by atoms with E-state index >= 15 is 0 Å². The second-order valence-corrected chi connectivity index (χ2v) is 9.33. The number of aryl methyl sites for hydroxylation is 1. The number of carbonyl (C=O) groups excluding carboxylic acids is 1. The zero-order valence-corrected chi connectivity index (χ0v) is 17.6. The van der Waals surface area contributed by atoms with E-state index in [0.717, 1.165) is 18.5 Å². The number of nitrogens with zero attached hydrogens (tertiary/aromatic N) is 3. The molecule has 1 amide bonds. The minimum Gasteiger partial charge on any atom is -0.492 e. The summed E-state index contributed by atoms with van der Waals surface area (Å²) in [7, 11) is -3.59. The molecule has 0 radical (unpaired) electrons. The van der Waals surface area contributed by atoms with E-state index in [2.05, 4.69) is 9.38 Å². The lowest BCUT2D eigenvalue weighted by Gasteiger charge is -2.33. The molecule has 1 atom stereocenters. The van der Waals surface area contributed by atoms with E-state index in [0.29, 0.717) is 42.1 Å². The maximum absolute atomic E-state index is 12.9. The molecule has 1 aromatic carbocycles. The molecule has 2 aliphatic rings. The summed E-state index contributed by atoms with van der Waals surface area (Å²) in [6, 6.07) is 8.82. The predicted molar refractivity (Wildman–Crippen MR) is 113 cm³/mol. The van der Waals surface area contributed by atoms with Crippen molar-refractivity contribution in [3.63, 3.8) is 0 Å². The van der Waals surface area contributed by atoms with Crippen LogP contribution in [0.4, 0.5) is 0 Å². The molecule has 4 rings (SSSR count). The highest BCUT2D eigenvalue weighted by Gasteiger charge is 2.28.